The molecule has 2 heterocycles. The lowest BCUT2D eigenvalue weighted by atomic mass is 9.86. The molecule has 0 amide bonds. The fourth-order valence-corrected chi connectivity index (χ4v) is 4.70. The number of furan rings is 1. The molecule has 3 rings (SSSR count). The van der Waals surface area contributed by atoms with Gasteiger partial charge in [0.1, 0.15) is 11.3 Å². The first-order chi connectivity index (χ1) is 23.7. The zero-order valence-corrected chi connectivity index (χ0v) is 34.9. The van der Waals surface area contributed by atoms with Crippen LogP contribution in [0, 0.1) is 17.2 Å². The highest BCUT2D eigenvalue weighted by atomic mass is 35.5. The van der Waals surface area contributed by atoms with Crippen LogP contribution in [0.3, 0.4) is 0 Å². The molecule has 1 aromatic carbocycles. The van der Waals surface area contributed by atoms with E-state index in [4.69, 9.17) is 16.0 Å². The number of fused-ring (bicyclic) bond motifs is 1. The third-order valence-electron chi connectivity index (χ3n) is 7.67. The number of ketones is 2. The Kier molecular flexibility index (Phi) is 21.7. The molecule has 0 unspecified atom stereocenters. The molecule has 0 radical (unpaired) electrons. The number of pyridine rings is 1. The van der Waals surface area contributed by atoms with Crippen molar-refractivity contribution in [3.8, 4) is 11.3 Å². The number of aliphatic imine (C=N–C) groups is 1. The van der Waals surface area contributed by atoms with Crippen LogP contribution in [0.15, 0.2) is 64.2 Å². The summed E-state index contributed by atoms with van der Waals surface area (Å²) < 4.78 is 19.8. The van der Waals surface area contributed by atoms with Gasteiger partial charge in [-0.15, -0.1) is 0 Å². The number of allylic oxidation sites excluding steroid dienone is 2. The number of carbonyl (C=O) groups is 2. The van der Waals surface area contributed by atoms with Crippen molar-refractivity contribution in [2.75, 3.05) is 0 Å². The van der Waals surface area contributed by atoms with Crippen molar-refractivity contribution >= 4 is 40.0 Å². The number of benzene rings is 1. The molecule has 0 bridgehead atoms. The Labute approximate surface area is 314 Å². The van der Waals surface area contributed by atoms with Crippen LogP contribution in [0.5, 0.6) is 0 Å². The fraction of sp³-hybridized carbons (Fsp3) is 0.545. The average Bonchev–Trinajstić information content (AvgIpc) is 3.49. The summed E-state index contributed by atoms with van der Waals surface area (Å²) in [6.45, 7) is 32.7. The summed E-state index contributed by atoms with van der Waals surface area (Å²) in [6, 6.07) is 8.16. The summed E-state index contributed by atoms with van der Waals surface area (Å²) in [5, 5.41) is 0.0685. The molecule has 0 spiro atoms. The minimum absolute atomic E-state index is 0.0676. The summed E-state index contributed by atoms with van der Waals surface area (Å²) in [5.74, 6) is -0.341. The van der Waals surface area contributed by atoms with Crippen LogP contribution in [0.4, 0.5) is 4.39 Å². The van der Waals surface area contributed by atoms with Gasteiger partial charge in [0.2, 0.25) is 5.78 Å². The molecule has 0 atom stereocenters. The number of hydrogen-bond acceptors (Lipinski definition) is 5. The van der Waals surface area contributed by atoms with Crippen molar-refractivity contribution in [2.24, 2.45) is 16.3 Å². The number of carbonyl (C=O) groups excluding carboxylic acids is 2. The SMILES string of the molecule is C=C/C(=C\N=C(C)CCC)C(=O)CC.CC(C)C(=O)c1cc2nc(-c3ccc(Cl)c(F)c3)cc(C(C)(C)C)c2o1.CCCC.CCCC(C)(C)C. The van der Waals surface area contributed by atoms with Crippen LogP contribution in [-0.2, 0) is 10.2 Å². The van der Waals surface area contributed by atoms with Gasteiger partial charge in [-0.1, -0.05) is 146 Å². The Morgan fingerprint density at radius 1 is 0.961 bits per heavy atom. The van der Waals surface area contributed by atoms with Gasteiger partial charge in [-0.2, -0.15) is 0 Å². The van der Waals surface area contributed by atoms with Crippen molar-refractivity contribution in [1.82, 2.24) is 4.98 Å². The molecule has 0 N–H and O–H groups in total. The van der Waals surface area contributed by atoms with Gasteiger partial charge < -0.3 is 4.42 Å². The maximum Gasteiger partial charge on any atom is 0.200 e. The van der Waals surface area contributed by atoms with E-state index in [9.17, 15) is 14.0 Å². The lowest BCUT2D eigenvalue weighted by Crippen LogP contribution is -2.12. The third kappa shape index (κ3) is 17.6. The molecular formula is C44H66ClFN2O3. The molecule has 284 valence electrons. The minimum Gasteiger partial charge on any atom is -0.451 e. The lowest BCUT2D eigenvalue weighted by molar-refractivity contribution is -0.115. The summed E-state index contributed by atoms with van der Waals surface area (Å²) in [4.78, 5) is 32.4. The highest BCUT2D eigenvalue weighted by Crippen LogP contribution is 2.35. The lowest BCUT2D eigenvalue weighted by Gasteiger charge is -2.20. The van der Waals surface area contributed by atoms with Gasteiger partial charge in [-0.05, 0) is 48.8 Å². The van der Waals surface area contributed by atoms with Gasteiger partial charge in [-0.25, -0.2) is 9.37 Å². The topological polar surface area (TPSA) is 72.5 Å². The standard InChI is InChI=1S/C21H21ClFNO2.C12H19NO.C7H16.C4H10/c1-11(2)19(25)18-10-17-20(26-18)13(21(3,4)5)9-16(24-17)12-6-7-14(22)15(23)8-12;1-5-8-10(4)13-9-11(6-2)12(14)7-3;1-5-6-7(2,3)4;1-3-4-2/h6-11H,1-5H3;6,9H,2,5,7-8H2,1,3-4H3;5-6H2,1-4H3;3-4H2,1-2H3/b;11-9+,13-10?;;. The van der Waals surface area contributed by atoms with E-state index >= 15 is 0 Å². The second kappa shape index (κ2) is 23.2. The van der Waals surface area contributed by atoms with E-state index in [-0.39, 0.29) is 27.9 Å². The Hall–Kier alpha value is -3.38. The predicted octanol–water partition coefficient (Wildman–Crippen LogP) is 14.4. The molecule has 0 fully saturated rings. The quantitative estimate of drug-likeness (QED) is 0.0854. The summed E-state index contributed by atoms with van der Waals surface area (Å²) >= 11 is 5.79. The largest absolute Gasteiger partial charge is 0.451 e. The van der Waals surface area contributed by atoms with E-state index in [0.29, 0.717) is 45.5 Å². The molecule has 2 aromatic heterocycles. The van der Waals surface area contributed by atoms with Gasteiger partial charge in [0, 0.05) is 47.0 Å². The van der Waals surface area contributed by atoms with Gasteiger partial charge in [-0.3, -0.25) is 14.6 Å². The first-order valence-electron chi connectivity index (χ1n) is 18.5. The monoisotopic (exact) mass is 724 g/mol. The maximum absolute atomic E-state index is 13.9. The van der Waals surface area contributed by atoms with E-state index in [1.54, 1.807) is 24.4 Å². The maximum atomic E-state index is 13.9. The zero-order chi connectivity index (χ0) is 39.5. The number of unbranched alkanes of at least 4 members (excludes halogenated alkanes) is 1. The number of aromatic nitrogens is 1. The van der Waals surface area contributed by atoms with Crippen molar-refractivity contribution in [3.05, 3.63) is 76.9 Å². The molecule has 51 heavy (non-hydrogen) atoms. The van der Waals surface area contributed by atoms with Crippen LogP contribution in [0.1, 0.15) is 158 Å². The molecule has 0 aliphatic heterocycles. The molecule has 3 aromatic rings. The van der Waals surface area contributed by atoms with E-state index in [0.717, 1.165) is 24.1 Å². The fourth-order valence-electron chi connectivity index (χ4n) is 4.59. The third-order valence-corrected chi connectivity index (χ3v) is 7.98. The Balaban J connectivity index is 0.000000836. The first-order valence-corrected chi connectivity index (χ1v) is 18.9. The van der Waals surface area contributed by atoms with Crippen molar-refractivity contribution < 1.29 is 18.4 Å². The summed E-state index contributed by atoms with van der Waals surface area (Å²) in [6.07, 6.45) is 11.0. The molecule has 0 aliphatic rings. The predicted molar refractivity (Wildman–Crippen MR) is 219 cm³/mol. The molecule has 0 saturated heterocycles. The number of hydrogen-bond donors (Lipinski definition) is 0. The number of halogens is 2. The summed E-state index contributed by atoms with van der Waals surface area (Å²) in [5.41, 5.74) is 5.30. The van der Waals surface area contributed by atoms with Gasteiger partial charge in [0.15, 0.2) is 17.1 Å². The van der Waals surface area contributed by atoms with Crippen LogP contribution in [0.2, 0.25) is 5.02 Å². The first kappa shape index (κ1) is 47.6. The van der Waals surface area contributed by atoms with Gasteiger partial charge in [0.25, 0.3) is 0 Å². The van der Waals surface area contributed by atoms with Crippen LogP contribution < -0.4 is 0 Å². The number of nitrogens with zero attached hydrogens (tertiary/aromatic N) is 2. The Morgan fingerprint density at radius 3 is 1.98 bits per heavy atom. The number of rotatable bonds is 11. The van der Waals surface area contributed by atoms with Crippen LogP contribution in [0.25, 0.3) is 22.4 Å². The van der Waals surface area contributed by atoms with Crippen molar-refractivity contribution in [1.29, 1.82) is 0 Å². The van der Waals surface area contributed by atoms with Crippen molar-refractivity contribution in [3.63, 3.8) is 0 Å². The molecular weight excluding hydrogens is 659 g/mol. The van der Waals surface area contributed by atoms with Crippen molar-refractivity contribution in [2.45, 2.75) is 147 Å². The van der Waals surface area contributed by atoms with Crippen LogP contribution >= 0.6 is 11.6 Å². The Bertz CT molecular complexity index is 1600. The second-order valence-corrected chi connectivity index (χ2v) is 15.7. The second-order valence-electron chi connectivity index (χ2n) is 15.3. The van der Waals surface area contributed by atoms with Gasteiger partial charge >= 0.3 is 0 Å². The zero-order valence-electron chi connectivity index (χ0n) is 34.2. The normalized spacial score (nSPS) is 11.9. The Morgan fingerprint density at radius 2 is 1.57 bits per heavy atom. The van der Waals surface area contributed by atoms with Gasteiger partial charge in [0.05, 0.1) is 10.7 Å². The number of Topliss-reactive ketones (excluding diaryl/α,β-unsaturated/α-hetero) is 2. The smallest absolute Gasteiger partial charge is 0.200 e. The highest BCUT2D eigenvalue weighted by Gasteiger charge is 2.25. The summed E-state index contributed by atoms with van der Waals surface area (Å²) in [7, 11) is 0. The average molecular weight is 725 g/mol. The molecule has 0 saturated carbocycles. The molecule has 0 aliphatic carbocycles. The minimum atomic E-state index is -0.494. The highest BCUT2D eigenvalue weighted by molar-refractivity contribution is 6.30. The van der Waals surface area contributed by atoms with E-state index in [1.807, 2.05) is 33.8 Å². The molecule has 7 heteroatoms. The van der Waals surface area contributed by atoms with E-state index in [2.05, 4.69) is 85.8 Å². The van der Waals surface area contributed by atoms with E-state index in [1.165, 1.54) is 37.8 Å². The molecule has 5 nitrogen and oxygen atoms in total. The van der Waals surface area contributed by atoms with E-state index < -0.39 is 5.82 Å². The van der Waals surface area contributed by atoms with Crippen LogP contribution in [-0.4, -0.2) is 22.3 Å².